The van der Waals surface area contributed by atoms with E-state index < -0.39 is 0 Å². The van der Waals surface area contributed by atoms with E-state index in [9.17, 15) is 4.79 Å². The minimum Gasteiger partial charge on any atom is -0.480 e. The first kappa shape index (κ1) is 15.3. The van der Waals surface area contributed by atoms with Crippen LogP contribution in [0.25, 0.3) is 0 Å². The van der Waals surface area contributed by atoms with Crippen LogP contribution in [-0.4, -0.2) is 35.7 Å². The molecule has 5 nitrogen and oxygen atoms in total. The van der Waals surface area contributed by atoms with Gasteiger partial charge < -0.3 is 9.47 Å². The van der Waals surface area contributed by atoms with Gasteiger partial charge in [-0.05, 0) is 18.6 Å². The fourth-order valence-electron chi connectivity index (χ4n) is 1.72. The molecular weight excluding hydrogens is 288 g/mol. The normalized spacial score (nSPS) is 10.2. The van der Waals surface area contributed by atoms with Crippen LogP contribution in [0.5, 0.6) is 11.8 Å². The third-order valence-electron chi connectivity index (χ3n) is 2.84. The third-order valence-corrected chi connectivity index (χ3v) is 4.01. The van der Waals surface area contributed by atoms with Crippen LogP contribution in [0.4, 0.5) is 0 Å². The van der Waals surface area contributed by atoms with Gasteiger partial charge in [0, 0.05) is 4.90 Å². The van der Waals surface area contributed by atoms with Crippen molar-refractivity contribution in [3.05, 3.63) is 41.7 Å². The van der Waals surface area contributed by atoms with Gasteiger partial charge in [-0.2, -0.15) is 4.98 Å². The van der Waals surface area contributed by atoms with Gasteiger partial charge in [-0.1, -0.05) is 18.2 Å². The lowest BCUT2D eigenvalue weighted by atomic mass is 10.2. The highest BCUT2D eigenvalue weighted by atomic mass is 32.2. The zero-order valence-electron chi connectivity index (χ0n) is 12.1. The Morgan fingerprint density at radius 2 is 2.00 bits per heavy atom. The summed E-state index contributed by atoms with van der Waals surface area (Å²) in [4.78, 5) is 21.5. The van der Waals surface area contributed by atoms with Crippen molar-refractivity contribution < 1.29 is 14.3 Å². The van der Waals surface area contributed by atoms with Crippen LogP contribution in [0.15, 0.2) is 35.4 Å². The van der Waals surface area contributed by atoms with E-state index in [4.69, 9.17) is 9.47 Å². The average molecular weight is 304 g/mol. The predicted octanol–water partition coefficient (Wildman–Crippen LogP) is 2.78. The summed E-state index contributed by atoms with van der Waals surface area (Å²) in [5, 5.41) is 0. The number of rotatable bonds is 6. The highest BCUT2D eigenvalue weighted by Gasteiger charge is 2.17. The summed E-state index contributed by atoms with van der Waals surface area (Å²) in [5.74, 6) is 0.650. The lowest BCUT2D eigenvalue weighted by Crippen LogP contribution is -2.09. The molecule has 110 valence electrons. The van der Waals surface area contributed by atoms with Crippen molar-refractivity contribution in [2.45, 2.75) is 11.8 Å². The SMILES string of the molecule is COc1cnc(C(=O)CSc2ccccc2C)c(OC)n1. The minimum atomic E-state index is -0.129. The molecule has 0 aliphatic heterocycles. The maximum absolute atomic E-state index is 12.3. The Morgan fingerprint density at radius 3 is 2.67 bits per heavy atom. The molecule has 0 unspecified atom stereocenters. The van der Waals surface area contributed by atoms with E-state index in [-0.39, 0.29) is 23.1 Å². The summed E-state index contributed by atoms with van der Waals surface area (Å²) in [6, 6.07) is 7.93. The predicted molar refractivity (Wildman–Crippen MR) is 81.4 cm³/mol. The maximum atomic E-state index is 12.3. The number of Topliss-reactive ketones (excluding diaryl/α,β-unsaturated/α-hetero) is 1. The molecule has 2 rings (SSSR count). The molecule has 1 heterocycles. The second-order valence-electron chi connectivity index (χ2n) is 4.25. The van der Waals surface area contributed by atoms with Gasteiger partial charge in [0.25, 0.3) is 0 Å². The quantitative estimate of drug-likeness (QED) is 0.604. The largest absolute Gasteiger partial charge is 0.480 e. The first-order chi connectivity index (χ1) is 10.2. The molecule has 2 aromatic rings. The molecule has 0 aliphatic carbocycles. The number of carbonyl (C=O) groups excluding carboxylic acids is 1. The van der Waals surface area contributed by atoms with Gasteiger partial charge in [-0.3, -0.25) is 4.79 Å². The fourth-order valence-corrected chi connectivity index (χ4v) is 2.61. The van der Waals surface area contributed by atoms with E-state index in [0.29, 0.717) is 5.88 Å². The van der Waals surface area contributed by atoms with E-state index in [1.165, 1.54) is 32.2 Å². The number of nitrogens with zero attached hydrogens (tertiary/aromatic N) is 2. The smallest absolute Gasteiger partial charge is 0.246 e. The highest BCUT2D eigenvalue weighted by Crippen LogP contribution is 2.24. The van der Waals surface area contributed by atoms with Gasteiger partial charge in [0.05, 0.1) is 26.2 Å². The number of aromatic nitrogens is 2. The van der Waals surface area contributed by atoms with Crippen molar-refractivity contribution in [1.29, 1.82) is 0 Å². The van der Waals surface area contributed by atoms with Gasteiger partial charge in [0.2, 0.25) is 11.8 Å². The number of carbonyl (C=O) groups is 1. The molecule has 6 heteroatoms. The van der Waals surface area contributed by atoms with Crippen molar-refractivity contribution >= 4 is 17.5 Å². The Kier molecular flexibility index (Phi) is 5.16. The second-order valence-corrected chi connectivity index (χ2v) is 5.26. The molecule has 0 saturated carbocycles. The zero-order valence-corrected chi connectivity index (χ0v) is 12.9. The molecule has 0 bridgehead atoms. The monoisotopic (exact) mass is 304 g/mol. The standard InChI is InChI=1S/C15H16N2O3S/c1-10-6-4-5-7-12(10)21-9-11(18)14-15(20-3)17-13(19-2)8-16-14/h4-8H,9H2,1-3H3. The van der Waals surface area contributed by atoms with Gasteiger partial charge in [0.15, 0.2) is 11.5 Å². The van der Waals surface area contributed by atoms with E-state index >= 15 is 0 Å². The third kappa shape index (κ3) is 3.72. The Balaban J connectivity index is 2.12. The Morgan fingerprint density at radius 1 is 1.24 bits per heavy atom. The molecule has 0 amide bonds. The fraction of sp³-hybridized carbons (Fsp3) is 0.267. The molecule has 0 fully saturated rings. The van der Waals surface area contributed by atoms with E-state index in [0.717, 1.165) is 10.5 Å². The first-order valence-corrected chi connectivity index (χ1v) is 7.31. The molecule has 1 aromatic heterocycles. The van der Waals surface area contributed by atoms with Gasteiger partial charge >= 0.3 is 0 Å². The Bertz CT molecular complexity index is 647. The summed E-state index contributed by atoms with van der Waals surface area (Å²) in [6.07, 6.45) is 1.41. The number of hydrogen-bond donors (Lipinski definition) is 0. The summed E-state index contributed by atoms with van der Waals surface area (Å²) in [6.45, 7) is 2.01. The van der Waals surface area contributed by atoms with Gasteiger partial charge in [-0.25, -0.2) is 4.98 Å². The van der Waals surface area contributed by atoms with Crippen LogP contribution in [0, 0.1) is 6.92 Å². The molecule has 0 spiro atoms. The van der Waals surface area contributed by atoms with E-state index in [1.807, 2.05) is 31.2 Å². The number of aryl methyl sites for hydroxylation is 1. The summed E-state index contributed by atoms with van der Waals surface area (Å²) in [5.41, 5.74) is 1.36. The van der Waals surface area contributed by atoms with Crippen molar-refractivity contribution in [3.63, 3.8) is 0 Å². The molecule has 0 N–H and O–H groups in total. The molecule has 0 aliphatic rings. The molecule has 0 radical (unpaired) electrons. The van der Waals surface area contributed by atoms with Crippen LogP contribution in [0.1, 0.15) is 16.1 Å². The van der Waals surface area contributed by atoms with Crippen molar-refractivity contribution in [2.75, 3.05) is 20.0 Å². The number of methoxy groups -OCH3 is 2. The van der Waals surface area contributed by atoms with Gasteiger partial charge in [-0.15, -0.1) is 11.8 Å². The minimum absolute atomic E-state index is 0.129. The van der Waals surface area contributed by atoms with Crippen LogP contribution >= 0.6 is 11.8 Å². The molecular formula is C15H16N2O3S. The van der Waals surface area contributed by atoms with Crippen molar-refractivity contribution in [1.82, 2.24) is 9.97 Å². The Hall–Kier alpha value is -2.08. The molecule has 0 saturated heterocycles. The van der Waals surface area contributed by atoms with E-state index in [1.54, 1.807) is 0 Å². The highest BCUT2D eigenvalue weighted by molar-refractivity contribution is 8.00. The van der Waals surface area contributed by atoms with Crippen LogP contribution in [0.2, 0.25) is 0 Å². The Labute approximate surface area is 127 Å². The van der Waals surface area contributed by atoms with Crippen LogP contribution in [-0.2, 0) is 0 Å². The average Bonchev–Trinajstić information content (AvgIpc) is 2.53. The topological polar surface area (TPSA) is 61.3 Å². The lowest BCUT2D eigenvalue weighted by Gasteiger charge is -2.08. The molecule has 0 atom stereocenters. The number of ether oxygens (including phenoxy) is 2. The first-order valence-electron chi connectivity index (χ1n) is 6.32. The van der Waals surface area contributed by atoms with Crippen LogP contribution < -0.4 is 9.47 Å². The number of thioether (sulfide) groups is 1. The number of ketones is 1. The zero-order chi connectivity index (χ0) is 15.2. The second kappa shape index (κ2) is 7.08. The van der Waals surface area contributed by atoms with E-state index in [2.05, 4.69) is 9.97 Å². The van der Waals surface area contributed by atoms with Crippen molar-refractivity contribution in [3.8, 4) is 11.8 Å². The summed E-state index contributed by atoms with van der Waals surface area (Å²) in [7, 11) is 2.94. The summed E-state index contributed by atoms with van der Waals surface area (Å²) < 4.78 is 10.1. The molecule has 1 aromatic carbocycles. The maximum Gasteiger partial charge on any atom is 0.246 e. The number of benzene rings is 1. The van der Waals surface area contributed by atoms with Crippen molar-refractivity contribution in [2.24, 2.45) is 0 Å². The van der Waals surface area contributed by atoms with Gasteiger partial charge in [0.1, 0.15) is 0 Å². The summed E-state index contributed by atoms with van der Waals surface area (Å²) >= 11 is 1.48. The lowest BCUT2D eigenvalue weighted by molar-refractivity contribution is 0.101. The van der Waals surface area contributed by atoms with Crippen LogP contribution in [0.3, 0.4) is 0 Å². The number of hydrogen-bond acceptors (Lipinski definition) is 6. The molecule has 21 heavy (non-hydrogen) atoms.